The molecular weight excluding hydrogens is 409 g/mol. The Morgan fingerprint density at radius 3 is 2.80 bits per heavy atom. The van der Waals surface area contributed by atoms with Gasteiger partial charge in [-0.2, -0.15) is 5.10 Å². The van der Waals surface area contributed by atoms with E-state index in [2.05, 4.69) is 30.7 Å². The topological polar surface area (TPSA) is 82.5 Å². The van der Waals surface area contributed by atoms with Gasteiger partial charge in [-0.25, -0.2) is 9.37 Å². The molecule has 0 radical (unpaired) electrons. The Bertz CT molecular complexity index is 1250. The van der Waals surface area contributed by atoms with Crippen LogP contribution in [0, 0.1) is 12.7 Å². The number of nitrogens with one attached hydrogen (secondary N) is 3. The molecule has 1 aromatic carbocycles. The number of rotatable bonds is 4. The number of hydrogen-bond donors (Lipinski definition) is 3. The van der Waals surface area contributed by atoms with Gasteiger partial charge in [-0.05, 0) is 13.0 Å². The molecule has 0 unspecified atom stereocenters. The minimum absolute atomic E-state index is 0.283. The van der Waals surface area contributed by atoms with Crippen LogP contribution in [0.3, 0.4) is 0 Å². The Kier molecular flexibility index (Phi) is 4.63. The first-order valence-electron chi connectivity index (χ1n) is 9.67. The molecule has 1 aliphatic rings. The second-order valence-electron chi connectivity index (χ2n) is 7.29. The first-order chi connectivity index (χ1) is 14.5. The third-order valence-corrected chi connectivity index (χ3v) is 5.64. The molecular formula is C20H21ClFN7O. The summed E-state index contributed by atoms with van der Waals surface area (Å²) in [6.07, 6.45) is 3.53. The van der Waals surface area contributed by atoms with Crippen LogP contribution in [-0.4, -0.2) is 52.9 Å². The molecule has 5 rings (SSSR count). The Morgan fingerprint density at radius 1 is 1.23 bits per heavy atom. The van der Waals surface area contributed by atoms with Crippen molar-refractivity contribution >= 4 is 45.3 Å². The fourth-order valence-corrected chi connectivity index (χ4v) is 4.29. The molecule has 3 N–H and O–H groups in total. The molecule has 1 aliphatic heterocycles. The number of benzene rings is 1. The average molecular weight is 430 g/mol. The van der Waals surface area contributed by atoms with Crippen molar-refractivity contribution in [2.24, 2.45) is 0 Å². The van der Waals surface area contributed by atoms with Crippen molar-refractivity contribution in [2.45, 2.75) is 6.92 Å². The van der Waals surface area contributed by atoms with Gasteiger partial charge in [-0.1, -0.05) is 11.6 Å². The number of ether oxygens (including phenoxy) is 1. The van der Waals surface area contributed by atoms with E-state index in [0.717, 1.165) is 43.1 Å². The molecule has 0 bridgehead atoms. The van der Waals surface area contributed by atoms with Crippen LogP contribution in [0.5, 0.6) is 5.75 Å². The van der Waals surface area contributed by atoms with Gasteiger partial charge in [-0.3, -0.25) is 5.10 Å². The van der Waals surface area contributed by atoms with Crippen molar-refractivity contribution in [3.05, 3.63) is 41.1 Å². The zero-order valence-electron chi connectivity index (χ0n) is 16.6. The molecule has 0 saturated carbocycles. The number of aromatic nitrogens is 4. The summed E-state index contributed by atoms with van der Waals surface area (Å²) in [5.41, 5.74) is 3.26. The monoisotopic (exact) mass is 429 g/mol. The molecule has 156 valence electrons. The highest BCUT2D eigenvalue weighted by Crippen LogP contribution is 2.43. The fraction of sp³-hybridized carbons (Fsp3) is 0.300. The molecule has 0 spiro atoms. The van der Waals surface area contributed by atoms with E-state index in [1.165, 1.54) is 6.07 Å². The highest BCUT2D eigenvalue weighted by molar-refractivity contribution is 6.38. The zero-order chi connectivity index (χ0) is 20.8. The molecule has 4 aromatic rings. The third kappa shape index (κ3) is 3.10. The van der Waals surface area contributed by atoms with Gasteiger partial charge in [0.05, 0.1) is 40.1 Å². The number of anilines is 3. The number of aryl methyl sites for hydroxylation is 1. The Labute approximate surface area is 177 Å². The largest absolute Gasteiger partial charge is 0.493 e. The van der Waals surface area contributed by atoms with E-state index in [4.69, 9.17) is 16.3 Å². The number of halogens is 2. The molecule has 0 amide bonds. The minimum atomic E-state index is -0.419. The summed E-state index contributed by atoms with van der Waals surface area (Å²) < 4.78 is 21.8. The van der Waals surface area contributed by atoms with Gasteiger partial charge in [0.25, 0.3) is 0 Å². The number of hydrogen-bond acceptors (Lipinski definition) is 6. The number of nitrogens with zero attached hydrogens (tertiary/aromatic N) is 4. The standard InChI is InChI=1S/C20H21ClFN7O/c1-11-9-29-10-12(7-13(22)20(29)24-11)25-19-16-14(26-27-19)8-15(18(30-2)17(16)21)28-5-3-23-4-6-28/h7-10,23H,3-6H2,1-2H3,(H2,25,26,27). The van der Waals surface area contributed by atoms with E-state index < -0.39 is 5.82 Å². The number of imidazole rings is 1. The molecule has 4 heterocycles. The van der Waals surface area contributed by atoms with Crippen molar-refractivity contribution in [3.63, 3.8) is 0 Å². The van der Waals surface area contributed by atoms with Crippen LogP contribution in [0.2, 0.25) is 5.02 Å². The highest BCUT2D eigenvalue weighted by atomic mass is 35.5. The summed E-state index contributed by atoms with van der Waals surface area (Å²) >= 11 is 6.75. The second kappa shape index (κ2) is 7.33. The molecule has 3 aromatic heterocycles. The normalized spacial score (nSPS) is 14.6. The van der Waals surface area contributed by atoms with Crippen LogP contribution >= 0.6 is 11.6 Å². The quantitative estimate of drug-likeness (QED) is 0.461. The van der Waals surface area contributed by atoms with Gasteiger partial charge in [0.2, 0.25) is 0 Å². The van der Waals surface area contributed by atoms with Gasteiger partial charge in [0.1, 0.15) is 0 Å². The summed E-state index contributed by atoms with van der Waals surface area (Å²) in [5.74, 6) is 0.677. The molecule has 10 heteroatoms. The lowest BCUT2D eigenvalue weighted by molar-refractivity contribution is 0.414. The van der Waals surface area contributed by atoms with Gasteiger partial charge < -0.3 is 24.7 Å². The number of methoxy groups -OCH3 is 1. The second-order valence-corrected chi connectivity index (χ2v) is 7.67. The maximum Gasteiger partial charge on any atom is 0.173 e. The van der Waals surface area contributed by atoms with E-state index in [1.54, 1.807) is 23.9 Å². The maximum absolute atomic E-state index is 14.5. The van der Waals surface area contributed by atoms with E-state index in [-0.39, 0.29) is 5.65 Å². The smallest absolute Gasteiger partial charge is 0.173 e. The van der Waals surface area contributed by atoms with Gasteiger partial charge in [0.15, 0.2) is 23.0 Å². The zero-order valence-corrected chi connectivity index (χ0v) is 17.3. The van der Waals surface area contributed by atoms with E-state index in [1.807, 2.05) is 13.0 Å². The van der Waals surface area contributed by atoms with Crippen LogP contribution in [0.1, 0.15) is 5.69 Å². The molecule has 1 fully saturated rings. The lowest BCUT2D eigenvalue weighted by Crippen LogP contribution is -2.43. The number of pyridine rings is 1. The van der Waals surface area contributed by atoms with Crippen LogP contribution in [0.25, 0.3) is 16.6 Å². The van der Waals surface area contributed by atoms with Crippen LogP contribution < -0.4 is 20.3 Å². The summed E-state index contributed by atoms with van der Waals surface area (Å²) in [5, 5.41) is 15.1. The third-order valence-electron chi connectivity index (χ3n) is 5.28. The van der Waals surface area contributed by atoms with Crippen molar-refractivity contribution < 1.29 is 9.13 Å². The number of piperazine rings is 1. The van der Waals surface area contributed by atoms with Crippen LogP contribution in [0.4, 0.5) is 21.6 Å². The van der Waals surface area contributed by atoms with E-state index in [9.17, 15) is 4.39 Å². The lowest BCUT2D eigenvalue weighted by Gasteiger charge is -2.31. The van der Waals surface area contributed by atoms with E-state index in [0.29, 0.717) is 27.7 Å². The van der Waals surface area contributed by atoms with E-state index >= 15 is 0 Å². The molecule has 1 saturated heterocycles. The Hall–Kier alpha value is -3.04. The minimum Gasteiger partial charge on any atom is -0.493 e. The molecule has 0 atom stereocenters. The number of H-pyrrole nitrogens is 1. The van der Waals surface area contributed by atoms with Crippen LogP contribution in [-0.2, 0) is 0 Å². The Balaban J connectivity index is 1.57. The summed E-state index contributed by atoms with van der Waals surface area (Å²) in [6.45, 7) is 5.34. The predicted octanol–water partition coefficient (Wildman–Crippen LogP) is 3.47. The van der Waals surface area contributed by atoms with Crippen molar-refractivity contribution in [3.8, 4) is 5.75 Å². The summed E-state index contributed by atoms with van der Waals surface area (Å²) in [4.78, 5) is 6.42. The first-order valence-corrected chi connectivity index (χ1v) is 10.0. The Morgan fingerprint density at radius 2 is 2.03 bits per heavy atom. The highest BCUT2D eigenvalue weighted by Gasteiger charge is 2.23. The van der Waals surface area contributed by atoms with Gasteiger partial charge in [0, 0.05) is 44.6 Å². The van der Waals surface area contributed by atoms with Crippen molar-refractivity contribution in [1.82, 2.24) is 24.9 Å². The predicted molar refractivity (Wildman–Crippen MR) is 116 cm³/mol. The number of fused-ring (bicyclic) bond motifs is 2. The fourth-order valence-electron chi connectivity index (χ4n) is 3.92. The van der Waals surface area contributed by atoms with Crippen molar-refractivity contribution in [2.75, 3.05) is 43.5 Å². The molecule has 30 heavy (non-hydrogen) atoms. The average Bonchev–Trinajstić information content (AvgIpc) is 3.32. The maximum atomic E-state index is 14.5. The summed E-state index contributed by atoms with van der Waals surface area (Å²) in [6, 6.07) is 3.38. The number of aromatic amines is 1. The molecule has 0 aliphatic carbocycles. The summed E-state index contributed by atoms with van der Waals surface area (Å²) in [7, 11) is 1.61. The van der Waals surface area contributed by atoms with Crippen LogP contribution in [0.15, 0.2) is 24.5 Å². The lowest BCUT2D eigenvalue weighted by atomic mass is 10.1. The van der Waals surface area contributed by atoms with Crippen molar-refractivity contribution in [1.29, 1.82) is 0 Å². The van der Waals surface area contributed by atoms with Gasteiger partial charge in [-0.15, -0.1) is 0 Å². The molecule has 8 nitrogen and oxygen atoms in total. The SMILES string of the molecule is COc1c(N2CCNCC2)cc2[nH]nc(Nc3cc(F)c4nc(C)cn4c3)c2c1Cl. The first kappa shape index (κ1) is 19.0. The van der Waals surface area contributed by atoms with Gasteiger partial charge >= 0.3 is 0 Å².